The lowest BCUT2D eigenvalue weighted by Gasteiger charge is -2.07. The SMILES string of the molecule is Cc1nc2ccc(CNCC(C)N)cc2[nH]1. The van der Waals surface area contributed by atoms with Crippen molar-refractivity contribution in [3.05, 3.63) is 29.6 Å². The number of hydrogen-bond acceptors (Lipinski definition) is 3. The molecule has 1 aromatic carbocycles. The molecule has 0 aliphatic heterocycles. The zero-order valence-electron chi connectivity index (χ0n) is 9.75. The molecular formula is C12H18N4. The van der Waals surface area contributed by atoms with Crippen molar-refractivity contribution in [3.8, 4) is 0 Å². The number of nitrogens with two attached hydrogens (primary N) is 1. The van der Waals surface area contributed by atoms with Gasteiger partial charge in [-0.3, -0.25) is 0 Å². The third-order valence-corrected chi connectivity index (χ3v) is 2.46. The predicted molar refractivity (Wildman–Crippen MR) is 66.2 cm³/mol. The normalized spacial score (nSPS) is 13.2. The number of rotatable bonds is 4. The molecule has 1 atom stereocenters. The quantitative estimate of drug-likeness (QED) is 0.725. The molecule has 0 bridgehead atoms. The number of aromatic amines is 1. The molecule has 0 saturated heterocycles. The van der Waals surface area contributed by atoms with Gasteiger partial charge in [0.25, 0.3) is 0 Å². The van der Waals surface area contributed by atoms with E-state index in [1.54, 1.807) is 0 Å². The number of imidazole rings is 1. The lowest BCUT2D eigenvalue weighted by atomic mass is 10.2. The molecule has 1 heterocycles. The summed E-state index contributed by atoms with van der Waals surface area (Å²) in [5, 5.41) is 3.31. The Bertz CT molecular complexity index is 473. The van der Waals surface area contributed by atoms with Crippen LogP contribution in [0.4, 0.5) is 0 Å². The summed E-state index contributed by atoms with van der Waals surface area (Å²) >= 11 is 0. The van der Waals surface area contributed by atoms with Gasteiger partial charge in [0.2, 0.25) is 0 Å². The van der Waals surface area contributed by atoms with Gasteiger partial charge < -0.3 is 16.0 Å². The van der Waals surface area contributed by atoms with E-state index in [2.05, 4.69) is 27.4 Å². The minimum atomic E-state index is 0.193. The topological polar surface area (TPSA) is 66.7 Å². The van der Waals surface area contributed by atoms with Gasteiger partial charge in [0, 0.05) is 19.1 Å². The smallest absolute Gasteiger partial charge is 0.104 e. The van der Waals surface area contributed by atoms with E-state index in [4.69, 9.17) is 5.73 Å². The van der Waals surface area contributed by atoms with Crippen LogP contribution in [0.3, 0.4) is 0 Å². The van der Waals surface area contributed by atoms with E-state index in [9.17, 15) is 0 Å². The van der Waals surface area contributed by atoms with Gasteiger partial charge in [0.15, 0.2) is 0 Å². The van der Waals surface area contributed by atoms with Crippen molar-refractivity contribution in [2.75, 3.05) is 6.54 Å². The number of nitrogens with zero attached hydrogens (tertiary/aromatic N) is 1. The highest BCUT2D eigenvalue weighted by Crippen LogP contribution is 2.13. The number of hydrogen-bond donors (Lipinski definition) is 3. The Labute approximate surface area is 95.3 Å². The lowest BCUT2D eigenvalue weighted by molar-refractivity contribution is 0.608. The Morgan fingerprint density at radius 3 is 3.06 bits per heavy atom. The number of aryl methyl sites for hydroxylation is 1. The summed E-state index contributed by atoms with van der Waals surface area (Å²) in [6, 6.07) is 6.46. The minimum Gasteiger partial charge on any atom is -0.342 e. The van der Waals surface area contributed by atoms with Gasteiger partial charge in [0.1, 0.15) is 5.82 Å². The van der Waals surface area contributed by atoms with E-state index in [0.29, 0.717) is 0 Å². The summed E-state index contributed by atoms with van der Waals surface area (Å²) in [4.78, 5) is 7.60. The van der Waals surface area contributed by atoms with Crippen LogP contribution in [0.2, 0.25) is 0 Å². The van der Waals surface area contributed by atoms with Crippen LogP contribution >= 0.6 is 0 Å². The fourth-order valence-electron chi connectivity index (χ4n) is 1.74. The molecule has 1 aromatic heterocycles. The molecule has 0 fully saturated rings. The first-order chi connectivity index (χ1) is 7.65. The molecular weight excluding hydrogens is 200 g/mol. The summed E-state index contributed by atoms with van der Waals surface area (Å²) < 4.78 is 0. The van der Waals surface area contributed by atoms with Crippen molar-refractivity contribution < 1.29 is 0 Å². The third-order valence-electron chi connectivity index (χ3n) is 2.46. The third kappa shape index (κ3) is 2.59. The summed E-state index contributed by atoms with van der Waals surface area (Å²) in [5.74, 6) is 0.954. The number of nitrogens with one attached hydrogen (secondary N) is 2. The van der Waals surface area contributed by atoms with Gasteiger partial charge in [-0.2, -0.15) is 0 Å². The first-order valence-corrected chi connectivity index (χ1v) is 5.56. The number of benzene rings is 1. The van der Waals surface area contributed by atoms with E-state index in [1.807, 2.05) is 19.9 Å². The molecule has 4 N–H and O–H groups in total. The maximum absolute atomic E-state index is 5.67. The van der Waals surface area contributed by atoms with E-state index in [0.717, 1.165) is 29.9 Å². The van der Waals surface area contributed by atoms with Crippen molar-refractivity contribution in [3.63, 3.8) is 0 Å². The predicted octanol–water partition coefficient (Wildman–Crippen LogP) is 1.31. The molecule has 2 rings (SSSR count). The van der Waals surface area contributed by atoms with Crippen LogP contribution in [0.15, 0.2) is 18.2 Å². The molecule has 0 saturated carbocycles. The summed E-state index contributed by atoms with van der Waals surface area (Å²) in [6.45, 7) is 5.64. The maximum Gasteiger partial charge on any atom is 0.104 e. The number of fused-ring (bicyclic) bond motifs is 1. The Balaban J connectivity index is 2.07. The Kier molecular flexibility index (Phi) is 3.22. The second-order valence-electron chi connectivity index (χ2n) is 4.28. The number of H-pyrrole nitrogens is 1. The van der Waals surface area contributed by atoms with Crippen molar-refractivity contribution >= 4 is 11.0 Å². The van der Waals surface area contributed by atoms with Crippen molar-refractivity contribution in [1.82, 2.24) is 15.3 Å². The zero-order valence-corrected chi connectivity index (χ0v) is 9.75. The Hall–Kier alpha value is -1.39. The highest BCUT2D eigenvalue weighted by Gasteiger charge is 2.01. The Morgan fingerprint density at radius 1 is 1.50 bits per heavy atom. The van der Waals surface area contributed by atoms with Crippen LogP contribution in [0.1, 0.15) is 18.3 Å². The monoisotopic (exact) mass is 218 g/mol. The van der Waals surface area contributed by atoms with Crippen molar-refractivity contribution in [2.24, 2.45) is 5.73 Å². The second-order valence-corrected chi connectivity index (χ2v) is 4.28. The van der Waals surface area contributed by atoms with Crippen molar-refractivity contribution in [2.45, 2.75) is 26.4 Å². The molecule has 1 unspecified atom stereocenters. The van der Waals surface area contributed by atoms with Crippen molar-refractivity contribution in [1.29, 1.82) is 0 Å². The van der Waals surface area contributed by atoms with Gasteiger partial charge in [-0.05, 0) is 31.5 Å². The highest BCUT2D eigenvalue weighted by molar-refractivity contribution is 5.75. The van der Waals surface area contributed by atoms with Gasteiger partial charge in [0.05, 0.1) is 11.0 Å². The summed E-state index contributed by atoms with van der Waals surface area (Å²) in [6.07, 6.45) is 0. The molecule has 0 amide bonds. The van der Waals surface area contributed by atoms with Gasteiger partial charge in [-0.1, -0.05) is 6.07 Å². The molecule has 86 valence electrons. The average Bonchev–Trinajstić information content (AvgIpc) is 2.56. The molecule has 0 aliphatic rings. The van der Waals surface area contributed by atoms with Gasteiger partial charge >= 0.3 is 0 Å². The van der Waals surface area contributed by atoms with Crippen LogP contribution in [-0.2, 0) is 6.54 Å². The highest BCUT2D eigenvalue weighted by atomic mass is 14.9. The van der Waals surface area contributed by atoms with Crippen LogP contribution in [0.25, 0.3) is 11.0 Å². The fourth-order valence-corrected chi connectivity index (χ4v) is 1.74. The molecule has 0 aliphatic carbocycles. The van der Waals surface area contributed by atoms with E-state index in [1.165, 1.54) is 5.56 Å². The molecule has 2 aromatic rings. The van der Waals surface area contributed by atoms with Crippen LogP contribution in [0, 0.1) is 6.92 Å². The summed E-state index contributed by atoms with van der Waals surface area (Å²) in [5.41, 5.74) is 9.04. The zero-order chi connectivity index (χ0) is 11.5. The van der Waals surface area contributed by atoms with Gasteiger partial charge in [-0.25, -0.2) is 4.98 Å². The summed E-state index contributed by atoms with van der Waals surface area (Å²) in [7, 11) is 0. The second kappa shape index (κ2) is 4.63. The number of aromatic nitrogens is 2. The average molecular weight is 218 g/mol. The molecule has 4 heteroatoms. The standard InChI is InChI=1S/C12H18N4/c1-8(13)6-14-7-10-3-4-11-12(5-10)16-9(2)15-11/h3-5,8,14H,6-7,13H2,1-2H3,(H,15,16). The molecule has 0 radical (unpaired) electrons. The van der Waals surface area contributed by atoms with E-state index >= 15 is 0 Å². The first kappa shape index (κ1) is 11.1. The maximum atomic E-state index is 5.67. The lowest BCUT2D eigenvalue weighted by Crippen LogP contribution is -2.30. The first-order valence-electron chi connectivity index (χ1n) is 5.56. The van der Waals surface area contributed by atoms with Gasteiger partial charge in [-0.15, -0.1) is 0 Å². The minimum absolute atomic E-state index is 0.193. The molecule has 4 nitrogen and oxygen atoms in total. The van der Waals surface area contributed by atoms with Crippen LogP contribution < -0.4 is 11.1 Å². The van der Waals surface area contributed by atoms with Crippen LogP contribution in [0.5, 0.6) is 0 Å². The van der Waals surface area contributed by atoms with E-state index < -0.39 is 0 Å². The van der Waals surface area contributed by atoms with E-state index in [-0.39, 0.29) is 6.04 Å². The Morgan fingerprint density at radius 2 is 2.31 bits per heavy atom. The molecule has 16 heavy (non-hydrogen) atoms. The fraction of sp³-hybridized carbons (Fsp3) is 0.417. The van der Waals surface area contributed by atoms with Crippen LogP contribution in [-0.4, -0.2) is 22.6 Å². The molecule has 0 spiro atoms. The largest absolute Gasteiger partial charge is 0.342 e.